The van der Waals surface area contributed by atoms with Crippen molar-refractivity contribution in [3.8, 4) is 0 Å². The maximum Gasteiger partial charge on any atom is 0.451 e. The number of amidine groups is 1. The van der Waals surface area contributed by atoms with Crippen LogP contribution >= 0.6 is 0 Å². The number of halogens is 3. The Hall–Kier alpha value is -1.72. The van der Waals surface area contributed by atoms with E-state index in [0.717, 1.165) is 5.56 Å². The lowest BCUT2D eigenvalue weighted by atomic mass is 10.2. The van der Waals surface area contributed by atoms with Crippen LogP contribution in [0.5, 0.6) is 0 Å². The average Bonchev–Trinajstić information content (AvgIpc) is 2.15. The molecule has 0 aromatic heterocycles. The molecule has 0 aliphatic heterocycles. The second kappa shape index (κ2) is 4.20. The highest BCUT2D eigenvalue weighted by Crippen LogP contribution is 2.19. The topological polar surface area (TPSA) is 50.4 Å². The third kappa shape index (κ3) is 3.16. The number of nitrogens with one attached hydrogen (secondary N) is 1. The van der Waals surface area contributed by atoms with Crippen molar-refractivity contribution in [3.05, 3.63) is 29.8 Å². The summed E-state index contributed by atoms with van der Waals surface area (Å²) in [6, 6.07) is 6.41. The van der Waals surface area contributed by atoms with Crippen LogP contribution in [0.2, 0.25) is 0 Å². The third-order valence-electron chi connectivity index (χ3n) is 1.71. The molecule has 0 bridgehead atoms. The van der Waals surface area contributed by atoms with Crippen LogP contribution in [0, 0.1) is 6.92 Å². The molecule has 0 heterocycles. The number of nitrogens with zero attached hydrogens (tertiary/aromatic N) is 1. The second-order valence-electron chi connectivity index (χ2n) is 2.97. The summed E-state index contributed by atoms with van der Waals surface area (Å²) < 4.78 is 36.6. The maximum absolute atomic E-state index is 12.2. The number of benzene rings is 1. The molecule has 0 radical (unpaired) electrons. The van der Waals surface area contributed by atoms with E-state index in [0.29, 0.717) is 5.69 Å². The van der Waals surface area contributed by atoms with Crippen LogP contribution in [-0.2, 0) is 0 Å². The molecule has 3 nitrogen and oxygen atoms in total. The van der Waals surface area contributed by atoms with Crippen LogP contribution in [0.15, 0.2) is 29.4 Å². The number of rotatable bonds is 1. The van der Waals surface area contributed by atoms with Crippen LogP contribution in [-0.4, -0.2) is 12.0 Å². The Morgan fingerprint density at radius 1 is 1.27 bits per heavy atom. The van der Waals surface area contributed by atoms with Crippen molar-refractivity contribution < 1.29 is 13.2 Å². The molecule has 15 heavy (non-hydrogen) atoms. The van der Waals surface area contributed by atoms with Gasteiger partial charge in [0.25, 0.3) is 0 Å². The zero-order valence-electron chi connectivity index (χ0n) is 7.97. The first kappa shape index (κ1) is 11.4. The SMILES string of the molecule is Cc1ccc(N/C(=N\N)C(F)(F)F)cc1. The minimum atomic E-state index is -4.57. The second-order valence-corrected chi connectivity index (χ2v) is 2.97. The predicted molar refractivity (Wildman–Crippen MR) is 52.5 cm³/mol. The van der Waals surface area contributed by atoms with Gasteiger partial charge in [-0.1, -0.05) is 17.7 Å². The van der Waals surface area contributed by atoms with E-state index in [1.54, 1.807) is 12.1 Å². The first-order chi connectivity index (χ1) is 6.93. The Bertz CT molecular complexity index is 354. The van der Waals surface area contributed by atoms with Crippen LogP contribution in [0.25, 0.3) is 0 Å². The molecule has 82 valence electrons. The monoisotopic (exact) mass is 217 g/mol. The van der Waals surface area contributed by atoms with Gasteiger partial charge in [0.1, 0.15) is 0 Å². The lowest BCUT2D eigenvalue weighted by Gasteiger charge is -2.11. The molecule has 1 rings (SSSR count). The molecule has 0 aliphatic rings. The fourth-order valence-corrected chi connectivity index (χ4v) is 0.950. The first-order valence-corrected chi connectivity index (χ1v) is 4.12. The Labute approximate surface area is 84.8 Å². The summed E-state index contributed by atoms with van der Waals surface area (Å²) in [7, 11) is 0. The van der Waals surface area contributed by atoms with E-state index in [1.165, 1.54) is 12.1 Å². The van der Waals surface area contributed by atoms with Crippen LogP contribution in [0.1, 0.15) is 5.56 Å². The minimum Gasteiger partial charge on any atom is -0.335 e. The zero-order valence-corrected chi connectivity index (χ0v) is 7.97. The van der Waals surface area contributed by atoms with E-state index in [-0.39, 0.29) is 0 Å². The van der Waals surface area contributed by atoms with E-state index in [9.17, 15) is 13.2 Å². The van der Waals surface area contributed by atoms with Gasteiger partial charge < -0.3 is 11.2 Å². The molecule has 0 saturated carbocycles. The van der Waals surface area contributed by atoms with E-state index < -0.39 is 12.0 Å². The van der Waals surface area contributed by atoms with E-state index in [1.807, 2.05) is 6.92 Å². The Balaban J connectivity index is 2.81. The summed E-state index contributed by atoms with van der Waals surface area (Å²) in [5.74, 6) is 3.43. The summed E-state index contributed by atoms with van der Waals surface area (Å²) in [6.07, 6.45) is -4.57. The Morgan fingerprint density at radius 3 is 2.20 bits per heavy atom. The number of aryl methyl sites for hydroxylation is 1. The number of hydrogen-bond donors (Lipinski definition) is 2. The molecule has 1 aromatic rings. The summed E-state index contributed by atoms with van der Waals surface area (Å²) in [5, 5.41) is 4.75. The molecule has 1 aromatic carbocycles. The van der Waals surface area contributed by atoms with Crippen molar-refractivity contribution in [1.29, 1.82) is 0 Å². The van der Waals surface area contributed by atoms with Gasteiger partial charge in [-0.2, -0.15) is 18.3 Å². The molecule has 0 unspecified atom stereocenters. The smallest absolute Gasteiger partial charge is 0.335 e. The van der Waals surface area contributed by atoms with Gasteiger partial charge in [0.2, 0.25) is 5.84 Å². The molecule has 0 aliphatic carbocycles. The molecular weight excluding hydrogens is 207 g/mol. The van der Waals surface area contributed by atoms with Gasteiger partial charge in [-0.25, -0.2) is 0 Å². The highest BCUT2D eigenvalue weighted by atomic mass is 19.4. The average molecular weight is 217 g/mol. The van der Waals surface area contributed by atoms with Crippen LogP contribution < -0.4 is 11.2 Å². The predicted octanol–water partition coefficient (Wildman–Crippen LogP) is 2.24. The van der Waals surface area contributed by atoms with Gasteiger partial charge in [-0.3, -0.25) is 0 Å². The summed E-state index contributed by atoms with van der Waals surface area (Å²) in [4.78, 5) is 0. The summed E-state index contributed by atoms with van der Waals surface area (Å²) in [5.41, 5.74) is 1.25. The fourth-order valence-electron chi connectivity index (χ4n) is 0.950. The normalized spacial score (nSPS) is 12.7. The van der Waals surface area contributed by atoms with Crippen LogP contribution in [0.4, 0.5) is 18.9 Å². The Morgan fingerprint density at radius 2 is 1.80 bits per heavy atom. The van der Waals surface area contributed by atoms with Crippen molar-refractivity contribution in [2.24, 2.45) is 10.9 Å². The van der Waals surface area contributed by atoms with Crippen LogP contribution in [0.3, 0.4) is 0 Å². The van der Waals surface area contributed by atoms with E-state index in [2.05, 4.69) is 16.3 Å². The largest absolute Gasteiger partial charge is 0.451 e. The molecule has 6 heteroatoms. The van der Waals surface area contributed by atoms with Gasteiger partial charge >= 0.3 is 6.18 Å². The van der Waals surface area contributed by atoms with E-state index in [4.69, 9.17) is 0 Å². The highest BCUT2D eigenvalue weighted by Gasteiger charge is 2.36. The van der Waals surface area contributed by atoms with Gasteiger partial charge in [0.05, 0.1) is 0 Å². The van der Waals surface area contributed by atoms with E-state index >= 15 is 0 Å². The Kier molecular flexibility index (Phi) is 3.18. The molecule has 0 atom stereocenters. The van der Waals surface area contributed by atoms with Gasteiger partial charge in [-0.15, -0.1) is 0 Å². The number of hydrazone groups is 1. The lowest BCUT2D eigenvalue weighted by Crippen LogP contribution is -2.31. The summed E-state index contributed by atoms with van der Waals surface area (Å²) in [6.45, 7) is 1.84. The van der Waals surface area contributed by atoms with Gasteiger partial charge in [-0.05, 0) is 19.1 Å². The van der Waals surface area contributed by atoms with Crippen molar-refractivity contribution in [2.75, 3.05) is 5.32 Å². The molecular formula is C9H10F3N3. The first-order valence-electron chi connectivity index (χ1n) is 4.12. The lowest BCUT2D eigenvalue weighted by molar-refractivity contribution is -0.0588. The van der Waals surface area contributed by atoms with Crippen molar-refractivity contribution >= 4 is 11.5 Å². The molecule has 0 fully saturated rings. The summed E-state index contributed by atoms with van der Waals surface area (Å²) >= 11 is 0. The van der Waals surface area contributed by atoms with Crippen molar-refractivity contribution in [1.82, 2.24) is 0 Å². The van der Waals surface area contributed by atoms with Crippen molar-refractivity contribution in [2.45, 2.75) is 13.1 Å². The quantitative estimate of drug-likeness (QED) is 0.328. The van der Waals surface area contributed by atoms with Gasteiger partial charge in [0.15, 0.2) is 0 Å². The number of nitrogens with two attached hydrogens (primary N) is 1. The number of hydrogen-bond acceptors (Lipinski definition) is 2. The number of alkyl halides is 3. The number of anilines is 1. The molecule has 0 saturated heterocycles. The van der Waals surface area contributed by atoms with Gasteiger partial charge in [0, 0.05) is 5.69 Å². The molecule has 0 spiro atoms. The minimum absolute atomic E-state index is 0.294. The standard InChI is InChI=1S/C9H10F3N3/c1-6-2-4-7(5-3-6)14-8(15-13)9(10,11)12/h2-5H,13H2,1H3,(H,14,15). The third-order valence-corrected chi connectivity index (χ3v) is 1.71. The van der Waals surface area contributed by atoms with Crippen molar-refractivity contribution in [3.63, 3.8) is 0 Å². The molecule has 3 N–H and O–H groups in total. The fraction of sp³-hybridized carbons (Fsp3) is 0.222. The zero-order chi connectivity index (χ0) is 11.5. The highest BCUT2D eigenvalue weighted by molar-refractivity contribution is 5.99. The molecule has 0 amide bonds. The maximum atomic E-state index is 12.2.